The van der Waals surface area contributed by atoms with Crippen LogP contribution in [-0.4, -0.2) is 28.7 Å². The summed E-state index contributed by atoms with van der Waals surface area (Å²) >= 11 is 0. The van der Waals surface area contributed by atoms with E-state index in [1.165, 1.54) is 9.80 Å². The molecule has 6 aromatic rings. The summed E-state index contributed by atoms with van der Waals surface area (Å²) in [4.78, 5) is 60.9. The van der Waals surface area contributed by atoms with E-state index in [2.05, 4.69) is 16.7 Å². The maximum Gasteiger partial charge on any atom is 0.238 e. The third kappa shape index (κ3) is 5.68. The van der Waals surface area contributed by atoms with Crippen LogP contribution in [0, 0.1) is 29.6 Å². The van der Waals surface area contributed by atoms with Crippen LogP contribution >= 0.6 is 0 Å². The van der Waals surface area contributed by atoms with Crippen molar-refractivity contribution in [1.82, 2.24) is 0 Å². The molecular weight excluding hydrogens is 713 g/mol. The maximum atomic E-state index is 14.8. The zero-order chi connectivity index (χ0) is 38.8. The first-order valence-electron chi connectivity index (χ1n) is 19.4. The van der Waals surface area contributed by atoms with Crippen molar-refractivity contribution in [2.45, 2.75) is 18.8 Å². The van der Waals surface area contributed by atoms with Gasteiger partial charge in [-0.05, 0) is 109 Å². The Hall–Kier alpha value is -7.00. The SMILES string of the molecule is O=C1C2CC=C3C(CC4C(=O)N(c5ccc(Nc6ccccc6)cc5)C(=O)C4C3c3ccc(O)c4ccccc34)C2C(=O)N1c1ccc(Nc2ccccc2)cc1. The van der Waals surface area contributed by atoms with Crippen molar-refractivity contribution < 1.29 is 24.3 Å². The lowest BCUT2D eigenvalue weighted by molar-refractivity contribution is -0.126. The number of phenols is 1. The van der Waals surface area contributed by atoms with Crippen LogP contribution in [0.1, 0.15) is 24.3 Å². The van der Waals surface area contributed by atoms with Crippen LogP contribution in [-0.2, 0) is 19.2 Å². The molecule has 9 nitrogen and oxygen atoms in total. The van der Waals surface area contributed by atoms with Crippen LogP contribution in [0.25, 0.3) is 10.8 Å². The Morgan fingerprint density at radius 3 is 1.54 bits per heavy atom. The molecule has 3 N–H and O–H groups in total. The molecule has 4 aliphatic rings. The largest absolute Gasteiger partial charge is 0.507 e. The van der Waals surface area contributed by atoms with Crippen molar-refractivity contribution in [3.63, 3.8) is 0 Å². The highest BCUT2D eigenvalue weighted by atomic mass is 16.3. The van der Waals surface area contributed by atoms with E-state index in [0.29, 0.717) is 23.2 Å². The van der Waals surface area contributed by atoms with Gasteiger partial charge in [0.25, 0.3) is 0 Å². The number of amides is 4. The van der Waals surface area contributed by atoms with Crippen LogP contribution in [0.2, 0.25) is 0 Å². The van der Waals surface area contributed by atoms with Gasteiger partial charge in [0.15, 0.2) is 0 Å². The minimum absolute atomic E-state index is 0.118. The first-order chi connectivity index (χ1) is 27.9. The summed E-state index contributed by atoms with van der Waals surface area (Å²) in [5.74, 6) is -4.76. The monoisotopic (exact) mass is 750 g/mol. The topological polar surface area (TPSA) is 119 Å². The van der Waals surface area contributed by atoms with Crippen LogP contribution in [0.15, 0.2) is 157 Å². The van der Waals surface area contributed by atoms with Crippen molar-refractivity contribution in [2.75, 3.05) is 20.4 Å². The van der Waals surface area contributed by atoms with Crippen molar-refractivity contribution >= 4 is 68.5 Å². The quantitative estimate of drug-likeness (QED) is 0.110. The van der Waals surface area contributed by atoms with Gasteiger partial charge >= 0.3 is 0 Å². The van der Waals surface area contributed by atoms with Crippen LogP contribution in [0.5, 0.6) is 5.75 Å². The van der Waals surface area contributed by atoms with Gasteiger partial charge in [-0.2, -0.15) is 0 Å². The van der Waals surface area contributed by atoms with E-state index in [-0.39, 0.29) is 35.8 Å². The third-order valence-corrected chi connectivity index (χ3v) is 12.3. The molecule has 10 rings (SSSR count). The predicted molar refractivity (Wildman–Crippen MR) is 220 cm³/mol. The van der Waals surface area contributed by atoms with E-state index < -0.39 is 35.5 Å². The first-order valence-corrected chi connectivity index (χ1v) is 19.4. The van der Waals surface area contributed by atoms with Crippen molar-refractivity contribution in [3.05, 3.63) is 163 Å². The highest BCUT2D eigenvalue weighted by molar-refractivity contribution is 6.24. The summed E-state index contributed by atoms with van der Waals surface area (Å²) in [6.07, 6.45) is 2.67. The molecule has 6 unspecified atom stereocenters. The number of hydrogen-bond acceptors (Lipinski definition) is 7. The van der Waals surface area contributed by atoms with Gasteiger partial charge in [0.05, 0.1) is 35.0 Å². The summed E-state index contributed by atoms with van der Waals surface area (Å²) in [5.41, 5.74) is 6.17. The molecular formula is C48H38N4O5. The van der Waals surface area contributed by atoms with Crippen molar-refractivity contribution in [1.29, 1.82) is 0 Å². The van der Waals surface area contributed by atoms with E-state index in [9.17, 15) is 24.3 Å². The molecule has 9 heteroatoms. The van der Waals surface area contributed by atoms with Crippen LogP contribution in [0.3, 0.4) is 0 Å². The smallest absolute Gasteiger partial charge is 0.238 e. The minimum atomic E-state index is -0.736. The Morgan fingerprint density at radius 1 is 0.474 bits per heavy atom. The normalized spacial score (nSPS) is 23.9. The Morgan fingerprint density at radius 2 is 0.965 bits per heavy atom. The molecule has 6 aromatic carbocycles. The Labute approximate surface area is 329 Å². The fraction of sp³-hybridized carbons (Fsp3) is 0.167. The second-order valence-electron chi connectivity index (χ2n) is 15.3. The summed E-state index contributed by atoms with van der Waals surface area (Å²) in [5, 5.41) is 19.0. The lowest BCUT2D eigenvalue weighted by Crippen LogP contribution is -2.43. The Kier molecular flexibility index (Phi) is 8.25. The van der Waals surface area contributed by atoms with E-state index in [1.807, 2.05) is 115 Å². The van der Waals surface area contributed by atoms with E-state index in [0.717, 1.165) is 39.3 Å². The predicted octanol–water partition coefficient (Wildman–Crippen LogP) is 9.08. The lowest BCUT2D eigenvalue weighted by Gasteiger charge is -2.44. The standard InChI is InChI=1S/C48H38N4O5/c53-41-26-25-36(34-13-7-8-14-35(34)41)42-37-23-24-38-43(47(56)51(45(38)54)32-19-15-30(16-20-32)49-28-9-3-1-4-10-28)39(37)27-40-44(42)48(57)52(46(40)55)33-21-17-31(18-22-33)50-29-11-5-2-6-12-29/h1-23,25-26,38-40,42-44,49-50,53H,24,27H2. The molecule has 0 spiro atoms. The highest BCUT2D eigenvalue weighted by Crippen LogP contribution is 2.59. The van der Waals surface area contributed by atoms with E-state index in [4.69, 9.17) is 0 Å². The Balaban J connectivity index is 1.01. The molecule has 57 heavy (non-hydrogen) atoms. The summed E-state index contributed by atoms with van der Waals surface area (Å²) in [7, 11) is 0. The number of carbonyl (C=O) groups excluding carboxylic acids is 4. The van der Waals surface area contributed by atoms with E-state index >= 15 is 0 Å². The summed E-state index contributed by atoms with van der Waals surface area (Å²) in [6, 6.07) is 45.0. The molecule has 280 valence electrons. The fourth-order valence-corrected chi connectivity index (χ4v) is 9.79. The second-order valence-corrected chi connectivity index (χ2v) is 15.3. The average Bonchev–Trinajstić information content (AvgIpc) is 3.65. The van der Waals surface area contributed by atoms with Crippen LogP contribution < -0.4 is 20.4 Å². The zero-order valence-corrected chi connectivity index (χ0v) is 30.8. The van der Waals surface area contributed by atoms with E-state index in [1.54, 1.807) is 30.3 Å². The number of para-hydroxylation sites is 2. The molecule has 2 saturated heterocycles. The number of aromatic hydroxyl groups is 1. The van der Waals surface area contributed by atoms with Gasteiger partial charge in [-0.15, -0.1) is 0 Å². The van der Waals surface area contributed by atoms with Gasteiger partial charge in [-0.1, -0.05) is 78.4 Å². The Bertz CT molecular complexity index is 2610. The molecule has 0 radical (unpaired) electrons. The number of carbonyl (C=O) groups is 4. The average molecular weight is 751 g/mol. The summed E-state index contributed by atoms with van der Waals surface area (Å²) in [6.45, 7) is 0. The number of allylic oxidation sites excluding steroid dienone is 2. The molecule has 4 amide bonds. The van der Waals surface area contributed by atoms with Crippen molar-refractivity contribution in [3.8, 4) is 5.75 Å². The van der Waals surface area contributed by atoms with Crippen LogP contribution in [0.4, 0.5) is 34.1 Å². The number of hydrogen-bond donors (Lipinski definition) is 3. The molecule has 2 heterocycles. The van der Waals surface area contributed by atoms with Gasteiger partial charge in [-0.25, -0.2) is 0 Å². The number of phenolic OH excluding ortho intramolecular Hbond substituents is 1. The highest BCUT2D eigenvalue weighted by Gasteiger charge is 2.62. The molecule has 1 saturated carbocycles. The second kappa shape index (κ2) is 13.6. The number of imide groups is 2. The molecule has 2 aliphatic carbocycles. The number of nitrogens with zero attached hydrogens (tertiary/aromatic N) is 2. The molecule has 0 aromatic heterocycles. The number of nitrogens with one attached hydrogen (secondary N) is 2. The minimum Gasteiger partial charge on any atom is -0.507 e. The lowest BCUT2D eigenvalue weighted by atomic mass is 9.57. The number of anilines is 6. The van der Waals surface area contributed by atoms with Gasteiger partial charge in [0, 0.05) is 34.1 Å². The van der Waals surface area contributed by atoms with Gasteiger partial charge in [0.2, 0.25) is 23.6 Å². The maximum absolute atomic E-state index is 14.8. The molecule has 0 bridgehead atoms. The third-order valence-electron chi connectivity index (χ3n) is 12.3. The number of benzene rings is 6. The molecule has 6 atom stereocenters. The van der Waals surface area contributed by atoms with Gasteiger partial charge in [0.1, 0.15) is 5.75 Å². The summed E-state index contributed by atoms with van der Waals surface area (Å²) < 4.78 is 0. The van der Waals surface area contributed by atoms with Crippen molar-refractivity contribution in [2.24, 2.45) is 29.6 Å². The first kappa shape index (κ1) is 34.5. The van der Waals surface area contributed by atoms with Gasteiger partial charge < -0.3 is 15.7 Å². The molecule has 3 fully saturated rings. The fourth-order valence-electron chi connectivity index (χ4n) is 9.79. The van der Waals surface area contributed by atoms with Gasteiger partial charge in [-0.3, -0.25) is 29.0 Å². The number of fused-ring (bicyclic) bond motifs is 5. The number of rotatable bonds is 7. The zero-order valence-electron chi connectivity index (χ0n) is 30.8. The molecule has 2 aliphatic heterocycles.